The number of hydrogen-bond acceptors (Lipinski definition) is 2. The van der Waals surface area contributed by atoms with E-state index in [1.165, 1.54) is 0 Å². The fourth-order valence-corrected chi connectivity index (χ4v) is 2.04. The summed E-state index contributed by atoms with van der Waals surface area (Å²) >= 11 is 0. The highest BCUT2D eigenvalue weighted by Gasteiger charge is 2.08. The fraction of sp³-hybridized carbons (Fsp3) is 0.0714. The number of pyridine rings is 1. The molecule has 0 unspecified atom stereocenters. The van der Waals surface area contributed by atoms with Crippen molar-refractivity contribution >= 4 is 5.52 Å². The van der Waals surface area contributed by atoms with E-state index in [0.29, 0.717) is 0 Å². The first kappa shape index (κ1) is 9.90. The van der Waals surface area contributed by atoms with E-state index in [9.17, 15) is 0 Å². The molecule has 0 saturated heterocycles. The minimum Gasteiger partial charge on any atom is -0.496 e. The van der Waals surface area contributed by atoms with Crippen LogP contribution in [0.25, 0.3) is 16.6 Å². The van der Waals surface area contributed by atoms with Gasteiger partial charge in [-0.2, -0.15) is 0 Å². The number of nitrogens with zero attached hydrogens (tertiary/aromatic N) is 2. The average molecular weight is 224 g/mol. The molecule has 2 heterocycles. The zero-order chi connectivity index (χ0) is 11.7. The van der Waals surface area contributed by atoms with Gasteiger partial charge in [0, 0.05) is 17.3 Å². The summed E-state index contributed by atoms with van der Waals surface area (Å²) in [4.78, 5) is 4.17. The van der Waals surface area contributed by atoms with Crippen LogP contribution in [0.15, 0.2) is 55.1 Å². The summed E-state index contributed by atoms with van der Waals surface area (Å²) in [5, 5.41) is 0. The molecular weight excluding hydrogens is 212 g/mol. The third-order valence-electron chi connectivity index (χ3n) is 2.85. The molecule has 0 bridgehead atoms. The molecule has 0 aliphatic heterocycles. The monoisotopic (exact) mass is 224 g/mol. The van der Waals surface area contributed by atoms with Gasteiger partial charge in [0.15, 0.2) is 0 Å². The molecule has 3 heteroatoms. The summed E-state index contributed by atoms with van der Waals surface area (Å²) < 4.78 is 7.40. The van der Waals surface area contributed by atoms with Crippen LogP contribution in [0, 0.1) is 0 Å². The Labute approximate surface area is 99.3 Å². The Balaban J connectivity index is 2.30. The summed E-state index contributed by atoms with van der Waals surface area (Å²) in [5.74, 6) is 0.877. The van der Waals surface area contributed by atoms with Gasteiger partial charge in [0.05, 0.1) is 25.2 Å². The molecule has 0 spiro atoms. The van der Waals surface area contributed by atoms with Gasteiger partial charge in [0.25, 0.3) is 0 Å². The number of rotatable bonds is 2. The molecule has 2 aromatic heterocycles. The second-order valence-electron chi connectivity index (χ2n) is 3.81. The molecular formula is C14H12N2O. The summed E-state index contributed by atoms with van der Waals surface area (Å²) in [6.45, 7) is 0. The average Bonchev–Trinajstić information content (AvgIpc) is 2.86. The van der Waals surface area contributed by atoms with Crippen LogP contribution in [0.3, 0.4) is 0 Å². The van der Waals surface area contributed by atoms with Crippen molar-refractivity contribution < 1.29 is 4.74 Å². The molecule has 0 aliphatic carbocycles. The van der Waals surface area contributed by atoms with Gasteiger partial charge in [0.2, 0.25) is 0 Å². The van der Waals surface area contributed by atoms with Crippen LogP contribution in [-0.4, -0.2) is 16.5 Å². The Hall–Kier alpha value is -2.29. The molecule has 0 N–H and O–H groups in total. The van der Waals surface area contributed by atoms with Crippen LogP contribution < -0.4 is 4.74 Å². The zero-order valence-corrected chi connectivity index (χ0v) is 9.50. The van der Waals surface area contributed by atoms with Crippen molar-refractivity contribution in [1.82, 2.24) is 9.38 Å². The van der Waals surface area contributed by atoms with Gasteiger partial charge in [-0.1, -0.05) is 24.3 Å². The summed E-state index contributed by atoms with van der Waals surface area (Å²) in [7, 11) is 1.69. The quantitative estimate of drug-likeness (QED) is 0.669. The number of para-hydroxylation sites is 1. The third-order valence-corrected chi connectivity index (χ3v) is 2.85. The predicted molar refractivity (Wildman–Crippen MR) is 67.2 cm³/mol. The number of hydrogen-bond donors (Lipinski definition) is 0. The second-order valence-corrected chi connectivity index (χ2v) is 3.81. The number of benzene rings is 1. The fourth-order valence-electron chi connectivity index (χ4n) is 2.04. The second kappa shape index (κ2) is 3.94. The lowest BCUT2D eigenvalue weighted by molar-refractivity contribution is 0.416. The molecule has 0 aliphatic rings. The van der Waals surface area contributed by atoms with Gasteiger partial charge in [-0.3, -0.25) is 0 Å². The first-order valence-electron chi connectivity index (χ1n) is 5.44. The van der Waals surface area contributed by atoms with Crippen molar-refractivity contribution in [2.45, 2.75) is 0 Å². The summed E-state index contributed by atoms with van der Waals surface area (Å²) in [6.07, 6.45) is 5.65. The molecule has 0 fully saturated rings. The van der Waals surface area contributed by atoms with Crippen molar-refractivity contribution in [1.29, 1.82) is 0 Å². The lowest BCUT2D eigenvalue weighted by atomic mass is 10.0. The maximum Gasteiger partial charge on any atom is 0.126 e. The van der Waals surface area contributed by atoms with Crippen molar-refractivity contribution in [3.05, 3.63) is 55.1 Å². The summed E-state index contributed by atoms with van der Waals surface area (Å²) in [6, 6.07) is 12.1. The number of fused-ring (bicyclic) bond motifs is 1. The van der Waals surface area contributed by atoms with Gasteiger partial charge in [-0.25, -0.2) is 4.98 Å². The Morgan fingerprint density at radius 3 is 2.76 bits per heavy atom. The molecule has 3 rings (SSSR count). The van der Waals surface area contributed by atoms with Crippen molar-refractivity contribution in [3.63, 3.8) is 0 Å². The largest absolute Gasteiger partial charge is 0.496 e. The lowest BCUT2D eigenvalue weighted by Crippen LogP contribution is -1.90. The highest BCUT2D eigenvalue weighted by atomic mass is 16.5. The zero-order valence-electron chi connectivity index (χ0n) is 9.50. The number of methoxy groups -OCH3 is 1. The molecule has 3 aromatic rings. The number of imidazole rings is 1. The van der Waals surface area contributed by atoms with Gasteiger partial charge in [-0.05, 0) is 12.1 Å². The summed E-state index contributed by atoms with van der Waals surface area (Å²) in [5.41, 5.74) is 3.29. The van der Waals surface area contributed by atoms with Crippen molar-refractivity contribution in [2.75, 3.05) is 7.11 Å². The lowest BCUT2D eigenvalue weighted by Gasteiger charge is -2.09. The van der Waals surface area contributed by atoms with E-state index in [4.69, 9.17) is 4.74 Å². The molecule has 1 aromatic carbocycles. The Bertz CT molecular complexity index is 658. The normalized spacial score (nSPS) is 10.6. The van der Waals surface area contributed by atoms with Crippen LogP contribution in [0.1, 0.15) is 0 Å². The van der Waals surface area contributed by atoms with Gasteiger partial charge in [-0.15, -0.1) is 0 Å². The Kier molecular flexibility index (Phi) is 2.29. The van der Waals surface area contributed by atoms with E-state index in [2.05, 4.69) is 17.1 Å². The van der Waals surface area contributed by atoms with E-state index >= 15 is 0 Å². The van der Waals surface area contributed by atoms with E-state index in [0.717, 1.165) is 22.4 Å². The molecule has 0 saturated carbocycles. The first-order valence-corrected chi connectivity index (χ1v) is 5.44. The van der Waals surface area contributed by atoms with Crippen molar-refractivity contribution in [2.24, 2.45) is 0 Å². The van der Waals surface area contributed by atoms with Crippen molar-refractivity contribution in [3.8, 4) is 16.9 Å². The van der Waals surface area contributed by atoms with Gasteiger partial charge < -0.3 is 9.14 Å². The van der Waals surface area contributed by atoms with Crippen LogP contribution in [-0.2, 0) is 0 Å². The third kappa shape index (κ3) is 1.56. The standard InChI is InChI=1S/C14H12N2O/c1-17-14-7-3-2-5-12(14)11-6-4-8-16-10-15-9-13(11)16/h2-10H,1H3. The molecule has 17 heavy (non-hydrogen) atoms. The van der Waals surface area contributed by atoms with E-state index in [1.807, 2.05) is 41.1 Å². The number of ether oxygens (including phenoxy) is 1. The highest BCUT2D eigenvalue weighted by Crippen LogP contribution is 2.32. The maximum atomic E-state index is 5.40. The molecule has 3 nitrogen and oxygen atoms in total. The molecule has 84 valence electrons. The van der Waals surface area contributed by atoms with Crippen LogP contribution in [0.2, 0.25) is 0 Å². The SMILES string of the molecule is COc1ccccc1-c1cccn2cncc12. The van der Waals surface area contributed by atoms with Crippen LogP contribution in [0.4, 0.5) is 0 Å². The van der Waals surface area contributed by atoms with Crippen LogP contribution in [0.5, 0.6) is 5.75 Å². The smallest absolute Gasteiger partial charge is 0.126 e. The van der Waals surface area contributed by atoms with E-state index in [1.54, 1.807) is 13.4 Å². The molecule has 0 radical (unpaired) electrons. The number of aromatic nitrogens is 2. The minimum atomic E-state index is 0.877. The Morgan fingerprint density at radius 1 is 1.06 bits per heavy atom. The minimum absolute atomic E-state index is 0.877. The van der Waals surface area contributed by atoms with Gasteiger partial charge in [0.1, 0.15) is 5.75 Å². The Morgan fingerprint density at radius 2 is 1.88 bits per heavy atom. The predicted octanol–water partition coefficient (Wildman–Crippen LogP) is 3.01. The van der Waals surface area contributed by atoms with E-state index in [-0.39, 0.29) is 0 Å². The first-order chi connectivity index (χ1) is 8.40. The van der Waals surface area contributed by atoms with Gasteiger partial charge >= 0.3 is 0 Å². The van der Waals surface area contributed by atoms with E-state index < -0.39 is 0 Å². The topological polar surface area (TPSA) is 26.5 Å². The molecule has 0 amide bonds. The highest BCUT2D eigenvalue weighted by molar-refractivity contribution is 5.83. The maximum absolute atomic E-state index is 5.40. The van der Waals surface area contributed by atoms with Crippen LogP contribution >= 0.6 is 0 Å². The molecule has 0 atom stereocenters.